The fraction of sp³-hybridized carbons (Fsp3) is 0.394. The van der Waals surface area contributed by atoms with Gasteiger partial charge in [-0.3, -0.25) is 13.9 Å². The van der Waals surface area contributed by atoms with Crippen LogP contribution >= 0.6 is 34.8 Å². The van der Waals surface area contributed by atoms with Gasteiger partial charge in [-0.2, -0.15) is 0 Å². The van der Waals surface area contributed by atoms with E-state index in [1.807, 2.05) is 30.3 Å². The molecule has 0 heterocycles. The molecule has 11 heteroatoms. The van der Waals surface area contributed by atoms with Gasteiger partial charge in [-0.1, -0.05) is 90.5 Å². The summed E-state index contributed by atoms with van der Waals surface area (Å²) in [6, 6.07) is 20.4. The average Bonchev–Trinajstić information content (AvgIpc) is 2.99. The first-order valence-electron chi connectivity index (χ1n) is 14.8. The number of anilines is 1. The number of halogens is 3. The molecule has 1 atom stereocenters. The predicted octanol–water partition coefficient (Wildman–Crippen LogP) is 7.28. The van der Waals surface area contributed by atoms with Crippen LogP contribution in [0.15, 0.2) is 72.8 Å². The second-order valence-corrected chi connectivity index (χ2v) is 14.4. The van der Waals surface area contributed by atoms with Gasteiger partial charge < -0.3 is 10.2 Å². The lowest BCUT2D eigenvalue weighted by molar-refractivity contribution is -0.141. The van der Waals surface area contributed by atoms with Crippen LogP contribution < -0.4 is 9.62 Å². The Kier molecular flexibility index (Phi) is 12.4. The Morgan fingerprint density at radius 2 is 1.57 bits per heavy atom. The summed E-state index contributed by atoms with van der Waals surface area (Å²) in [5.41, 5.74) is 2.04. The Bertz CT molecular complexity index is 1510. The predicted molar refractivity (Wildman–Crippen MR) is 179 cm³/mol. The number of nitrogens with one attached hydrogen (secondary N) is 1. The van der Waals surface area contributed by atoms with E-state index in [0.29, 0.717) is 32.7 Å². The molecule has 7 nitrogen and oxygen atoms in total. The van der Waals surface area contributed by atoms with Gasteiger partial charge in [0, 0.05) is 47.0 Å². The van der Waals surface area contributed by atoms with Gasteiger partial charge in [0.15, 0.2) is 0 Å². The number of hydrogen-bond acceptors (Lipinski definition) is 4. The van der Waals surface area contributed by atoms with Crippen molar-refractivity contribution in [1.82, 2.24) is 10.2 Å². The molecule has 0 spiro atoms. The normalized spacial score (nSPS) is 14.5. The summed E-state index contributed by atoms with van der Waals surface area (Å²) < 4.78 is 26.5. The molecule has 0 saturated heterocycles. The highest BCUT2D eigenvalue weighted by molar-refractivity contribution is 7.92. The van der Waals surface area contributed by atoms with E-state index in [2.05, 4.69) is 5.32 Å². The van der Waals surface area contributed by atoms with Crippen LogP contribution in [0.2, 0.25) is 15.1 Å². The summed E-state index contributed by atoms with van der Waals surface area (Å²) in [5, 5.41) is 4.57. The first-order valence-corrected chi connectivity index (χ1v) is 17.8. The summed E-state index contributed by atoms with van der Waals surface area (Å²) in [6.45, 7) is 0.177. The molecule has 0 aromatic heterocycles. The first-order chi connectivity index (χ1) is 21.0. The number of rotatable bonds is 13. The second-order valence-electron chi connectivity index (χ2n) is 11.2. The van der Waals surface area contributed by atoms with Crippen molar-refractivity contribution < 1.29 is 18.0 Å². The lowest BCUT2D eigenvalue weighted by Crippen LogP contribution is -2.53. The van der Waals surface area contributed by atoms with Gasteiger partial charge >= 0.3 is 0 Å². The van der Waals surface area contributed by atoms with E-state index in [0.717, 1.165) is 43.9 Å². The van der Waals surface area contributed by atoms with Gasteiger partial charge in [-0.15, -0.1) is 0 Å². The summed E-state index contributed by atoms with van der Waals surface area (Å²) in [5.74, 6) is -0.488. The van der Waals surface area contributed by atoms with Crippen molar-refractivity contribution in [2.45, 2.75) is 70.0 Å². The second kappa shape index (κ2) is 16.0. The van der Waals surface area contributed by atoms with E-state index in [-0.39, 0.29) is 43.8 Å². The van der Waals surface area contributed by atoms with E-state index in [9.17, 15) is 18.0 Å². The van der Waals surface area contributed by atoms with Crippen LogP contribution in [0, 0.1) is 0 Å². The van der Waals surface area contributed by atoms with Gasteiger partial charge in [0.2, 0.25) is 21.8 Å². The number of carbonyl (C=O) groups excluding carboxylic acids is 2. The zero-order valence-corrected chi connectivity index (χ0v) is 27.8. The van der Waals surface area contributed by atoms with Crippen molar-refractivity contribution in [2.75, 3.05) is 17.1 Å². The van der Waals surface area contributed by atoms with Crippen molar-refractivity contribution >= 4 is 62.3 Å². The molecule has 236 valence electrons. The van der Waals surface area contributed by atoms with Crippen LogP contribution in [0.3, 0.4) is 0 Å². The molecule has 1 aliphatic rings. The van der Waals surface area contributed by atoms with Gasteiger partial charge in [-0.05, 0) is 66.8 Å². The van der Waals surface area contributed by atoms with E-state index >= 15 is 0 Å². The molecule has 3 aromatic carbocycles. The lowest BCUT2D eigenvalue weighted by atomic mass is 9.94. The minimum absolute atomic E-state index is 0.0207. The molecule has 1 saturated carbocycles. The van der Waals surface area contributed by atoms with Crippen LogP contribution in [-0.4, -0.2) is 50.0 Å². The van der Waals surface area contributed by atoms with Gasteiger partial charge in [-0.25, -0.2) is 8.42 Å². The van der Waals surface area contributed by atoms with Crippen LogP contribution in [0.25, 0.3) is 0 Å². The highest BCUT2D eigenvalue weighted by Gasteiger charge is 2.32. The quantitative estimate of drug-likeness (QED) is 0.206. The van der Waals surface area contributed by atoms with Gasteiger partial charge in [0.05, 0.1) is 11.9 Å². The van der Waals surface area contributed by atoms with Gasteiger partial charge in [0.25, 0.3) is 0 Å². The molecule has 4 rings (SSSR count). The largest absolute Gasteiger partial charge is 0.352 e. The minimum Gasteiger partial charge on any atom is -0.352 e. The third-order valence-corrected chi connectivity index (χ3v) is 9.88. The lowest BCUT2D eigenvalue weighted by Gasteiger charge is -2.34. The Labute approximate surface area is 275 Å². The molecule has 1 aliphatic carbocycles. The molecule has 3 aromatic rings. The maximum Gasteiger partial charge on any atom is 0.243 e. The molecule has 1 N–H and O–H groups in total. The Morgan fingerprint density at radius 3 is 2.20 bits per heavy atom. The fourth-order valence-corrected chi connectivity index (χ4v) is 7.10. The fourth-order valence-electron chi connectivity index (χ4n) is 5.54. The number of sulfonamides is 1. The monoisotopic (exact) mass is 677 g/mol. The van der Waals surface area contributed by atoms with E-state index < -0.39 is 16.1 Å². The van der Waals surface area contributed by atoms with E-state index in [4.69, 9.17) is 34.8 Å². The van der Waals surface area contributed by atoms with Crippen LogP contribution in [0.1, 0.15) is 56.1 Å². The highest BCUT2D eigenvalue weighted by atomic mass is 35.5. The maximum atomic E-state index is 14.1. The minimum atomic E-state index is -3.62. The molecule has 0 aliphatic heterocycles. The number of carbonyl (C=O) groups is 2. The van der Waals surface area contributed by atoms with Crippen molar-refractivity contribution in [3.05, 3.63) is 99.0 Å². The average molecular weight is 679 g/mol. The van der Waals surface area contributed by atoms with Crippen LogP contribution in [0.5, 0.6) is 0 Å². The smallest absolute Gasteiger partial charge is 0.243 e. The number of benzene rings is 3. The molecule has 0 radical (unpaired) electrons. The Balaban J connectivity index is 1.61. The maximum absolute atomic E-state index is 14.1. The summed E-state index contributed by atoms with van der Waals surface area (Å²) in [6.07, 6.45) is 6.79. The zero-order chi connectivity index (χ0) is 31.7. The topological polar surface area (TPSA) is 86.8 Å². The molecule has 1 fully saturated rings. The SMILES string of the molecule is CS(=O)(=O)N(CCCC(=O)N(Cc1ccc(Cl)cc1Cl)[C@H](Cc1ccccc1)C(=O)NC1CCCCC1)c1ccc(Cl)cc1. The molecule has 44 heavy (non-hydrogen) atoms. The summed E-state index contributed by atoms with van der Waals surface area (Å²) in [7, 11) is -3.62. The number of amides is 2. The van der Waals surface area contributed by atoms with Crippen molar-refractivity contribution in [2.24, 2.45) is 0 Å². The Hall–Kier alpha value is -2.78. The van der Waals surface area contributed by atoms with Crippen LogP contribution in [-0.2, 0) is 32.6 Å². The number of nitrogens with zero attached hydrogens (tertiary/aromatic N) is 2. The van der Waals surface area contributed by atoms with Gasteiger partial charge in [0.1, 0.15) is 6.04 Å². The third-order valence-electron chi connectivity index (χ3n) is 7.85. The Morgan fingerprint density at radius 1 is 0.909 bits per heavy atom. The van der Waals surface area contributed by atoms with Crippen LogP contribution in [0.4, 0.5) is 5.69 Å². The molecular formula is C33H38Cl3N3O4S. The molecular weight excluding hydrogens is 641 g/mol. The molecule has 2 amide bonds. The van der Waals surface area contributed by atoms with Crippen molar-refractivity contribution in [3.8, 4) is 0 Å². The first kappa shape index (κ1) is 34.1. The summed E-state index contributed by atoms with van der Waals surface area (Å²) >= 11 is 18.7. The van der Waals surface area contributed by atoms with Crippen molar-refractivity contribution in [1.29, 1.82) is 0 Å². The molecule has 0 bridgehead atoms. The number of hydrogen-bond donors (Lipinski definition) is 1. The summed E-state index contributed by atoms with van der Waals surface area (Å²) in [4.78, 5) is 29.6. The van der Waals surface area contributed by atoms with Crippen molar-refractivity contribution in [3.63, 3.8) is 0 Å². The third kappa shape index (κ3) is 9.86. The highest BCUT2D eigenvalue weighted by Crippen LogP contribution is 2.26. The van der Waals surface area contributed by atoms with E-state index in [1.54, 1.807) is 47.4 Å². The standard InChI is InChI=1S/C33H38Cl3N3O4S/c1-44(42,43)39(29-18-16-26(34)17-19-29)20-8-13-32(40)38(23-25-14-15-27(35)22-30(25)36)31(21-24-9-4-2-5-10-24)33(41)37-28-11-6-3-7-12-28/h2,4-5,9-10,14-19,22,28,31H,3,6-8,11-13,20-21,23H2,1H3,(H,37,41)/t31-/m1/s1. The zero-order valence-electron chi connectivity index (χ0n) is 24.7. The van der Waals surface area contributed by atoms with E-state index in [1.165, 1.54) is 4.31 Å². The molecule has 0 unspecified atom stereocenters.